The topological polar surface area (TPSA) is 59.9 Å². The molecule has 0 unspecified atom stereocenters. The predicted molar refractivity (Wildman–Crippen MR) is 108 cm³/mol. The van der Waals surface area contributed by atoms with Gasteiger partial charge in [0.25, 0.3) is 0 Å². The molecule has 1 aromatic heterocycles. The molecule has 0 radical (unpaired) electrons. The van der Waals surface area contributed by atoms with Crippen LogP contribution in [0.4, 0.5) is 5.69 Å². The van der Waals surface area contributed by atoms with Gasteiger partial charge in [0.15, 0.2) is 11.9 Å². The molecular weight excluding hydrogens is 412 g/mol. The van der Waals surface area contributed by atoms with E-state index in [9.17, 15) is 0 Å². The zero-order chi connectivity index (χ0) is 18.3. The van der Waals surface area contributed by atoms with Crippen molar-refractivity contribution in [2.75, 3.05) is 11.6 Å². The molecule has 132 valence electrons. The van der Waals surface area contributed by atoms with Crippen LogP contribution in [0.5, 0.6) is 5.88 Å². The molecule has 2 heterocycles. The SMILES string of the molecule is CSc1nnc2c(n1)O[C@H](c1cc(C)ccc1C)Nc1ccc(Br)cc1-2. The van der Waals surface area contributed by atoms with Crippen molar-refractivity contribution in [3.8, 4) is 17.1 Å². The van der Waals surface area contributed by atoms with E-state index in [0.717, 1.165) is 26.9 Å². The van der Waals surface area contributed by atoms with Gasteiger partial charge in [-0.1, -0.05) is 51.5 Å². The number of aromatic nitrogens is 3. The monoisotopic (exact) mass is 428 g/mol. The molecule has 26 heavy (non-hydrogen) atoms. The Morgan fingerprint density at radius 1 is 1.12 bits per heavy atom. The van der Waals surface area contributed by atoms with Gasteiger partial charge in [-0.2, -0.15) is 4.98 Å². The Bertz CT molecular complexity index is 995. The number of benzene rings is 2. The lowest BCUT2D eigenvalue weighted by Crippen LogP contribution is -2.18. The summed E-state index contributed by atoms with van der Waals surface area (Å²) < 4.78 is 7.25. The molecule has 5 nitrogen and oxygen atoms in total. The van der Waals surface area contributed by atoms with Crippen molar-refractivity contribution in [1.29, 1.82) is 0 Å². The zero-order valence-corrected chi connectivity index (χ0v) is 17.0. The molecule has 0 aliphatic carbocycles. The molecule has 0 bridgehead atoms. The third-order valence-corrected chi connectivity index (χ3v) is 5.32. The smallest absolute Gasteiger partial charge is 0.247 e. The molecule has 1 N–H and O–H groups in total. The van der Waals surface area contributed by atoms with Crippen LogP contribution in [0, 0.1) is 13.8 Å². The first-order valence-electron chi connectivity index (χ1n) is 8.14. The highest BCUT2D eigenvalue weighted by molar-refractivity contribution is 9.10. The maximum absolute atomic E-state index is 6.29. The second kappa shape index (κ2) is 6.89. The maximum Gasteiger partial charge on any atom is 0.247 e. The minimum atomic E-state index is -0.359. The van der Waals surface area contributed by atoms with E-state index in [1.807, 2.05) is 24.5 Å². The van der Waals surface area contributed by atoms with Crippen molar-refractivity contribution in [2.45, 2.75) is 25.2 Å². The fourth-order valence-electron chi connectivity index (χ4n) is 2.94. The second-order valence-corrected chi connectivity index (χ2v) is 7.83. The van der Waals surface area contributed by atoms with Crippen LogP contribution in [0.15, 0.2) is 46.0 Å². The van der Waals surface area contributed by atoms with Crippen LogP contribution in [0.3, 0.4) is 0 Å². The van der Waals surface area contributed by atoms with Crippen LogP contribution in [0.1, 0.15) is 22.9 Å². The molecule has 4 rings (SSSR count). The molecule has 0 fully saturated rings. The number of halogens is 1. The van der Waals surface area contributed by atoms with E-state index in [2.05, 4.69) is 68.5 Å². The van der Waals surface area contributed by atoms with Gasteiger partial charge in [0.2, 0.25) is 11.0 Å². The number of rotatable bonds is 2. The third-order valence-electron chi connectivity index (χ3n) is 4.29. The highest BCUT2D eigenvalue weighted by atomic mass is 79.9. The average Bonchev–Trinajstić information content (AvgIpc) is 2.79. The number of anilines is 1. The fourth-order valence-corrected chi connectivity index (χ4v) is 3.60. The molecule has 1 aliphatic heterocycles. The standard InChI is InChI=1S/C19H17BrN4OS/c1-10-4-5-11(2)13(8-10)17-21-15-7-6-12(20)9-14(15)16-18(25-17)22-19(26-3)24-23-16/h4-9,17,21H,1-3H3/t17-/m1/s1. The van der Waals surface area contributed by atoms with Crippen LogP contribution in [0.25, 0.3) is 11.3 Å². The lowest BCUT2D eigenvalue weighted by molar-refractivity contribution is 0.224. The van der Waals surface area contributed by atoms with Crippen molar-refractivity contribution in [2.24, 2.45) is 0 Å². The number of nitrogens with one attached hydrogen (secondary N) is 1. The molecule has 1 atom stereocenters. The molecule has 7 heteroatoms. The van der Waals surface area contributed by atoms with E-state index in [-0.39, 0.29) is 6.23 Å². The van der Waals surface area contributed by atoms with Crippen LogP contribution in [-0.4, -0.2) is 21.4 Å². The predicted octanol–water partition coefficient (Wildman–Crippen LogP) is 5.14. The summed E-state index contributed by atoms with van der Waals surface area (Å²) in [6, 6.07) is 12.4. The van der Waals surface area contributed by atoms with E-state index in [1.165, 1.54) is 17.3 Å². The Morgan fingerprint density at radius 2 is 1.96 bits per heavy atom. The van der Waals surface area contributed by atoms with Crippen LogP contribution < -0.4 is 10.1 Å². The summed E-state index contributed by atoms with van der Waals surface area (Å²) in [6.45, 7) is 4.16. The highest BCUT2D eigenvalue weighted by Crippen LogP contribution is 2.41. The molecule has 3 aromatic rings. The van der Waals surface area contributed by atoms with E-state index < -0.39 is 0 Å². The first-order valence-corrected chi connectivity index (χ1v) is 10.2. The van der Waals surface area contributed by atoms with Gasteiger partial charge in [-0.15, -0.1) is 10.2 Å². The van der Waals surface area contributed by atoms with Gasteiger partial charge >= 0.3 is 0 Å². The largest absolute Gasteiger partial charge is 0.448 e. The summed E-state index contributed by atoms with van der Waals surface area (Å²) in [5.74, 6) is 0.486. The fraction of sp³-hybridized carbons (Fsp3) is 0.211. The molecule has 2 aromatic carbocycles. The Hall–Kier alpha value is -2.12. The lowest BCUT2D eigenvalue weighted by atomic mass is 10.0. The number of hydrogen-bond acceptors (Lipinski definition) is 6. The van der Waals surface area contributed by atoms with E-state index in [1.54, 1.807) is 0 Å². The van der Waals surface area contributed by atoms with Crippen LogP contribution >= 0.6 is 27.7 Å². The molecule has 0 saturated carbocycles. The van der Waals surface area contributed by atoms with Gasteiger partial charge in [0, 0.05) is 21.3 Å². The number of hydrogen-bond donors (Lipinski definition) is 1. The Labute approximate surface area is 164 Å². The Morgan fingerprint density at radius 3 is 2.77 bits per heavy atom. The number of ether oxygens (including phenoxy) is 1. The average molecular weight is 429 g/mol. The minimum absolute atomic E-state index is 0.359. The van der Waals surface area contributed by atoms with Crippen molar-refractivity contribution in [3.05, 3.63) is 57.6 Å². The van der Waals surface area contributed by atoms with Crippen molar-refractivity contribution in [3.63, 3.8) is 0 Å². The summed E-state index contributed by atoms with van der Waals surface area (Å²) in [5, 5.41) is 12.7. The van der Waals surface area contributed by atoms with Gasteiger partial charge < -0.3 is 10.1 Å². The minimum Gasteiger partial charge on any atom is -0.448 e. The number of fused-ring (bicyclic) bond motifs is 3. The first-order chi connectivity index (χ1) is 12.5. The Balaban J connectivity index is 1.91. The van der Waals surface area contributed by atoms with E-state index in [0.29, 0.717) is 16.7 Å². The molecule has 0 amide bonds. The quantitative estimate of drug-likeness (QED) is 0.569. The van der Waals surface area contributed by atoms with E-state index in [4.69, 9.17) is 4.74 Å². The van der Waals surface area contributed by atoms with Crippen molar-refractivity contribution < 1.29 is 4.74 Å². The van der Waals surface area contributed by atoms with Gasteiger partial charge in [-0.25, -0.2) is 0 Å². The molecule has 0 saturated heterocycles. The van der Waals surface area contributed by atoms with Crippen LogP contribution in [0.2, 0.25) is 0 Å². The van der Waals surface area contributed by atoms with Gasteiger partial charge in [0.1, 0.15) is 0 Å². The van der Waals surface area contributed by atoms with Gasteiger partial charge in [-0.3, -0.25) is 0 Å². The number of nitrogens with zero attached hydrogens (tertiary/aromatic N) is 3. The maximum atomic E-state index is 6.29. The first kappa shape index (κ1) is 17.3. The van der Waals surface area contributed by atoms with Gasteiger partial charge in [0.05, 0.1) is 0 Å². The van der Waals surface area contributed by atoms with Crippen LogP contribution in [-0.2, 0) is 0 Å². The van der Waals surface area contributed by atoms with Gasteiger partial charge in [-0.05, 0) is 43.9 Å². The lowest BCUT2D eigenvalue weighted by Gasteiger charge is -2.21. The van der Waals surface area contributed by atoms with E-state index >= 15 is 0 Å². The summed E-state index contributed by atoms with van der Waals surface area (Å²) >= 11 is 4.98. The number of thioether (sulfide) groups is 1. The molecular formula is C19H17BrN4OS. The summed E-state index contributed by atoms with van der Waals surface area (Å²) in [6.07, 6.45) is 1.56. The van der Waals surface area contributed by atoms with Crippen molar-refractivity contribution >= 4 is 33.4 Å². The number of aryl methyl sites for hydroxylation is 2. The zero-order valence-electron chi connectivity index (χ0n) is 14.6. The summed E-state index contributed by atoms with van der Waals surface area (Å²) in [5.41, 5.74) is 5.90. The Kier molecular flexibility index (Phi) is 4.58. The van der Waals surface area contributed by atoms with Crippen molar-refractivity contribution in [1.82, 2.24) is 15.2 Å². The molecule has 0 spiro atoms. The third kappa shape index (κ3) is 3.17. The second-order valence-electron chi connectivity index (χ2n) is 6.14. The summed E-state index contributed by atoms with van der Waals surface area (Å²) in [4.78, 5) is 4.56. The summed E-state index contributed by atoms with van der Waals surface area (Å²) in [7, 11) is 0. The highest BCUT2D eigenvalue weighted by Gasteiger charge is 2.27. The molecule has 1 aliphatic rings. The normalized spacial score (nSPS) is 15.3.